The van der Waals surface area contributed by atoms with Crippen molar-refractivity contribution in [3.63, 3.8) is 0 Å². The van der Waals surface area contributed by atoms with E-state index in [9.17, 15) is 9.59 Å². The molecule has 1 heterocycles. The number of hydrogen-bond acceptors (Lipinski definition) is 5. The number of halogens is 1. The van der Waals surface area contributed by atoms with Crippen LogP contribution in [-0.2, 0) is 9.53 Å². The maximum Gasteiger partial charge on any atom is 0.331 e. The van der Waals surface area contributed by atoms with Gasteiger partial charge in [0.2, 0.25) is 0 Å². The first-order valence-corrected chi connectivity index (χ1v) is 8.95. The van der Waals surface area contributed by atoms with Crippen molar-refractivity contribution in [3.05, 3.63) is 41.0 Å². The fraction of sp³-hybridized carbons (Fsp3) is 0.421. The van der Waals surface area contributed by atoms with E-state index in [0.29, 0.717) is 35.1 Å². The van der Waals surface area contributed by atoms with Gasteiger partial charge in [0.1, 0.15) is 5.54 Å². The molecule has 0 radical (unpaired) electrons. The highest BCUT2D eigenvalue weighted by Gasteiger charge is 2.44. The van der Waals surface area contributed by atoms with Crippen LogP contribution < -0.4 is 5.32 Å². The Kier molecular flexibility index (Phi) is 5.32. The number of benzene rings is 1. The third-order valence-electron chi connectivity index (χ3n) is 4.94. The SMILES string of the molecule is COC(=O)C1(NC(=O)c2cc(-c3ccccc3Cl)on2)CCC(C)CC1. The van der Waals surface area contributed by atoms with E-state index in [1.807, 2.05) is 6.07 Å². The maximum atomic E-state index is 12.7. The highest BCUT2D eigenvalue weighted by molar-refractivity contribution is 6.33. The lowest BCUT2D eigenvalue weighted by Gasteiger charge is -2.37. The van der Waals surface area contributed by atoms with E-state index in [1.54, 1.807) is 18.2 Å². The van der Waals surface area contributed by atoms with Gasteiger partial charge in [-0.25, -0.2) is 4.79 Å². The van der Waals surface area contributed by atoms with E-state index in [1.165, 1.54) is 13.2 Å². The van der Waals surface area contributed by atoms with Gasteiger partial charge in [-0.1, -0.05) is 35.8 Å². The fourth-order valence-corrected chi connectivity index (χ4v) is 3.51. The molecule has 1 fully saturated rings. The molecule has 1 N–H and O–H groups in total. The molecule has 1 saturated carbocycles. The van der Waals surface area contributed by atoms with Crippen molar-refractivity contribution in [1.82, 2.24) is 10.5 Å². The number of esters is 1. The molecule has 1 aromatic heterocycles. The molecule has 3 rings (SSSR count). The van der Waals surface area contributed by atoms with E-state index in [2.05, 4.69) is 17.4 Å². The van der Waals surface area contributed by atoms with Crippen molar-refractivity contribution in [2.75, 3.05) is 7.11 Å². The van der Waals surface area contributed by atoms with Crippen molar-refractivity contribution in [2.45, 2.75) is 38.1 Å². The van der Waals surface area contributed by atoms with Crippen LogP contribution in [0.25, 0.3) is 11.3 Å². The van der Waals surface area contributed by atoms with Crippen molar-refractivity contribution in [1.29, 1.82) is 0 Å². The summed E-state index contributed by atoms with van der Waals surface area (Å²) in [4.78, 5) is 25.0. The van der Waals surface area contributed by atoms with E-state index in [0.717, 1.165) is 12.8 Å². The van der Waals surface area contributed by atoms with Gasteiger partial charge in [0.05, 0.1) is 12.1 Å². The van der Waals surface area contributed by atoms with Crippen molar-refractivity contribution < 1.29 is 18.8 Å². The summed E-state index contributed by atoms with van der Waals surface area (Å²) in [5.74, 6) is 0.0215. The normalized spacial score (nSPS) is 22.7. The van der Waals surface area contributed by atoms with Crippen LogP contribution in [0.5, 0.6) is 0 Å². The summed E-state index contributed by atoms with van der Waals surface area (Å²) in [5.41, 5.74) is -0.265. The van der Waals surface area contributed by atoms with Crippen LogP contribution in [-0.4, -0.2) is 29.7 Å². The van der Waals surface area contributed by atoms with E-state index in [-0.39, 0.29) is 5.69 Å². The number of hydrogen-bond donors (Lipinski definition) is 1. The fourth-order valence-electron chi connectivity index (χ4n) is 3.28. The summed E-state index contributed by atoms with van der Waals surface area (Å²) in [6, 6.07) is 8.66. The van der Waals surface area contributed by atoms with Gasteiger partial charge in [0, 0.05) is 11.6 Å². The predicted molar refractivity (Wildman–Crippen MR) is 96.8 cm³/mol. The Morgan fingerprint density at radius 3 is 2.65 bits per heavy atom. The lowest BCUT2D eigenvalue weighted by molar-refractivity contribution is -0.150. The number of amides is 1. The Morgan fingerprint density at radius 2 is 2.00 bits per heavy atom. The van der Waals surface area contributed by atoms with E-state index >= 15 is 0 Å². The zero-order valence-electron chi connectivity index (χ0n) is 14.8. The molecule has 0 spiro atoms. The molecule has 7 heteroatoms. The maximum absolute atomic E-state index is 12.7. The summed E-state index contributed by atoms with van der Waals surface area (Å²) >= 11 is 6.15. The minimum absolute atomic E-state index is 0.0989. The molecule has 1 aliphatic rings. The van der Waals surface area contributed by atoms with E-state index in [4.69, 9.17) is 20.9 Å². The van der Waals surface area contributed by atoms with Gasteiger partial charge in [-0.05, 0) is 43.7 Å². The van der Waals surface area contributed by atoms with Gasteiger partial charge in [-0.3, -0.25) is 4.79 Å². The number of aromatic nitrogens is 1. The van der Waals surface area contributed by atoms with Gasteiger partial charge in [-0.2, -0.15) is 0 Å². The van der Waals surface area contributed by atoms with Gasteiger partial charge in [-0.15, -0.1) is 0 Å². The number of carbonyl (C=O) groups excluding carboxylic acids is 2. The number of nitrogens with zero attached hydrogens (tertiary/aromatic N) is 1. The van der Waals surface area contributed by atoms with Crippen LogP contribution in [0.3, 0.4) is 0 Å². The first-order valence-electron chi connectivity index (χ1n) is 8.58. The van der Waals surface area contributed by atoms with Crippen LogP contribution >= 0.6 is 11.6 Å². The highest BCUT2D eigenvalue weighted by atomic mass is 35.5. The smallest absolute Gasteiger partial charge is 0.331 e. The van der Waals surface area contributed by atoms with Crippen LogP contribution in [0.1, 0.15) is 43.1 Å². The molecule has 1 amide bonds. The lowest BCUT2D eigenvalue weighted by atomic mass is 9.77. The molecule has 1 aliphatic carbocycles. The Hall–Kier alpha value is -2.34. The second-order valence-electron chi connectivity index (χ2n) is 6.77. The van der Waals surface area contributed by atoms with Crippen molar-refractivity contribution in [2.24, 2.45) is 5.92 Å². The molecule has 0 bridgehead atoms. The average molecular weight is 377 g/mol. The summed E-state index contributed by atoms with van der Waals surface area (Å²) in [5, 5.41) is 7.17. The van der Waals surface area contributed by atoms with Crippen LogP contribution in [0.15, 0.2) is 34.9 Å². The Labute approximate surface area is 156 Å². The van der Waals surface area contributed by atoms with Crippen LogP contribution in [0.4, 0.5) is 0 Å². The third-order valence-corrected chi connectivity index (χ3v) is 5.27. The summed E-state index contributed by atoms with van der Waals surface area (Å²) < 4.78 is 10.2. The molecule has 6 nitrogen and oxygen atoms in total. The Balaban J connectivity index is 1.81. The van der Waals surface area contributed by atoms with E-state index < -0.39 is 17.4 Å². The molecule has 138 valence electrons. The summed E-state index contributed by atoms with van der Waals surface area (Å²) in [6.45, 7) is 2.14. The van der Waals surface area contributed by atoms with Crippen LogP contribution in [0.2, 0.25) is 5.02 Å². The summed E-state index contributed by atoms with van der Waals surface area (Å²) in [6.07, 6.45) is 2.78. The molecule has 26 heavy (non-hydrogen) atoms. The number of methoxy groups -OCH3 is 1. The molecular weight excluding hydrogens is 356 g/mol. The molecule has 0 atom stereocenters. The monoisotopic (exact) mass is 376 g/mol. The van der Waals surface area contributed by atoms with Crippen molar-refractivity contribution >= 4 is 23.5 Å². The average Bonchev–Trinajstić information content (AvgIpc) is 3.13. The number of rotatable bonds is 4. The molecular formula is C19H21ClN2O4. The minimum Gasteiger partial charge on any atom is -0.467 e. The van der Waals surface area contributed by atoms with Gasteiger partial charge in [0.15, 0.2) is 11.5 Å². The summed E-state index contributed by atoms with van der Waals surface area (Å²) in [7, 11) is 1.33. The lowest BCUT2D eigenvalue weighted by Crippen LogP contribution is -2.56. The predicted octanol–water partition coefficient (Wildman–Crippen LogP) is 3.85. The highest BCUT2D eigenvalue weighted by Crippen LogP contribution is 2.33. The first kappa shape index (κ1) is 18.5. The van der Waals surface area contributed by atoms with Gasteiger partial charge >= 0.3 is 5.97 Å². The largest absolute Gasteiger partial charge is 0.467 e. The quantitative estimate of drug-likeness (QED) is 0.819. The second-order valence-corrected chi connectivity index (χ2v) is 7.17. The zero-order chi connectivity index (χ0) is 18.7. The van der Waals surface area contributed by atoms with Crippen LogP contribution in [0, 0.1) is 5.92 Å². The molecule has 0 unspecified atom stereocenters. The Bertz CT molecular complexity index is 809. The number of carbonyl (C=O) groups is 2. The van der Waals surface area contributed by atoms with Gasteiger partial charge < -0.3 is 14.6 Å². The molecule has 0 aliphatic heterocycles. The number of ether oxygens (including phenoxy) is 1. The Morgan fingerprint density at radius 1 is 1.31 bits per heavy atom. The van der Waals surface area contributed by atoms with Crippen molar-refractivity contribution in [3.8, 4) is 11.3 Å². The molecule has 1 aromatic carbocycles. The second kappa shape index (κ2) is 7.50. The minimum atomic E-state index is -1.01. The van der Waals surface area contributed by atoms with Gasteiger partial charge in [0.25, 0.3) is 5.91 Å². The standard InChI is InChI=1S/C19H21ClN2O4/c1-12-7-9-19(10-8-12,18(24)25-2)21-17(23)15-11-16(26-22-15)13-5-3-4-6-14(13)20/h3-6,11-12H,7-10H2,1-2H3,(H,21,23). The first-order chi connectivity index (χ1) is 12.4. The molecule has 0 saturated heterocycles. The molecule has 2 aromatic rings. The topological polar surface area (TPSA) is 81.4 Å². The number of nitrogens with one attached hydrogen (secondary N) is 1. The third kappa shape index (κ3) is 3.60. The zero-order valence-corrected chi connectivity index (χ0v) is 15.5.